The first-order valence-corrected chi connectivity index (χ1v) is 10.4. The number of amides is 1. The van der Waals surface area contributed by atoms with E-state index in [0.717, 1.165) is 19.4 Å². The number of rotatable bonds is 10. The summed E-state index contributed by atoms with van der Waals surface area (Å²) in [5.41, 5.74) is 1.93. The minimum atomic E-state index is -0.0896. The van der Waals surface area contributed by atoms with Gasteiger partial charge in [-0.3, -0.25) is 14.0 Å². The van der Waals surface area contributed by atoms with E-state index in [1.54, 1.807) is 40.4 Å². The molecule has 10 nitrogen and oxygen atoms in total. The lowest BCUT2D eigenvalue weighted by Gasteiger charge is -2.14. The van der Waals surface area contributed by atoms with Crippen molar-refractivity contribution < 1.29 is 9.90 Å². The number of nitrogens with one attached hydrogen (secondary N) is 1. The summed E-state index contributed by atoms with van der Waals surface area (Å²) in [4.78, 5) is 27.2. The second kappa shape index (κ2) is 10.2. The normalized spacial score (nSPS) is 11.4. The van der Waals surface area contributed by atoms with Gasteiger partial charge >= 0.3 is 0 Å². The highest BCUT2D eigenvalue weighted by molar-refractivity contribution is 5.75. The largest absolute Gasteiger partial charge is 0.493 e. The molecule has 3 rings (SSSR count). The Balaban J connectivity index is 1.73. The molecule has 3 aromatic heterocycles. The first-order valence-electron chi connectivity index (χ1n) is 10.4. The number of aromatic nitrogens is 6. The summed E-state index contributed by atoms with van der Waals surface area (Å²) in [5.74, 6) is 0.151. The fourth-order valence-corrected chi connectivity index (χ4v) is 3.25. The Hall–Kier alpha value is -3.27. The van der Waals surface area contributed by atoms with Crippen molar-refractivity contribution in [1.29, 1.82) is 0 Å². The van der Waals surface area contributed by atoms with Crippen molar-refractivity contribution in [3.8, 4) is 23.1 Å². The number of hydrogen-bond acceptors (Lipinski definition) is 7. The summed E-state index contributed by atoms with van der Waals surface area (Å²) in [6, 6.07) is 0. The van der Waals surface area contributed by atoms with Crippen molar-refractivity contribution in [2.75, 3.05) is 27.2 Å². The molecule has 3 aromatic rings. The topological polar surface area (TPSA) is 114 Å². The van der Waals surface area contributed by atoms with Crippen molar-refractivity contribution >= 4 is 5.91 Å². The average molecular weight is 427 g/mol. The molecule has 0 saturated carbocycles. The summed E-state index contributed by atoms with van der Waals surface area (Å²) < 4.78 is 3.20. The van der Waals surface area contributed by atoms with Crippen molar-refractivity contribution in [2.24, 2.45) is 0 Å². The average Bonchev–Trinajstić information content (AvgIpc) is 3.38. The fraction of sp³-hybridized carbons (Fsp3) is 0.476. The zero-order valence-corrected chi connectivity index (χ0v) is 18.5. The van der Waals surface area contributed by atoms with Gasteiger partial charge in [0.15, 0.2) is 0 Å². The molecule has 0 spiro atoms. The first kappa shape index (κ1) is 22.4. The highest BCUT2D eigenvalue weighted by Crippen LogP contribution is 2.33. The Morgan fingerprint density at radius 1 is 1.26 bits per heavy atom. The third kappa shape index (κ3) is 5.88. The molecule has 0 aromatic carbocycles. The Bertz CT molecular complexity index is 995. The third-order valence-electron chi connectivity index (χ3n) is 4.79. The number of hydrogen-bond donors (Lipinski definition) is 2. The van der Waals surface area contributed by atoms with Crippen LogP contribution in [-0.2, 0) is 11.3 Å². The number of carbonyl (C=O) groups excluding carboxylic acids is 1. The van der Waals surface area contributed by atoms with Crippen molar-refractivity contribution in [3.63, 3.8) is 0 Å². The van der Waals surface area contributed by atoms with Gasteiger partial charge in [-0.1, -0.05) is 13.8 Å². The van der Waals surface area contributed by atoms with E-state index >= 15 is 0 Å². The van der Waals surface area contributed by atoms with Gasteiger partial charge in [0.25, 0.3) is 0 Å². The number of aromatic hydroxyl groups is 1. The summed E-state index contributed by atoms with van der Waals surface area (Å²) in [6.07, 6.45) is 10.3. The predicted octanol–water partition coefficient (Wildman–Crippen LogP) is 1.81. The van der Waals surface area contributed by atoms with E-state index in [-0.39, 0.29) is 24.2 Å². The van der Waals surface area contributed by atoms with Gasteiger partial charge in [-0.15, -0.1) is 0 Å². The Morgan fingerprint density at radius 2 is 2.06 bits per heavy atom. The summed E-state index contributed by atoms with van der Waals surface area (Å²) in [5, 5.41) is 17.8. The highest BCUT2D eigenvalue weighted by atomic mass is 16.3. The molecule has 0 atom stereocenters. The van der Waals surface area contributed by atoms with Crippen molar-refractivity contribution in [3.05, 3.63) is 36.7 Å². The lowest BCUT2D eigenvalue weighted by atomic mass is 9.99. The van der Waals surface area contributed by atoms with Crippen LogP contribution in [0.4, 0.5) is 0 Å². The molecule has 0 unspecified atom stereocenters. The molecule has 0 saturated heterocycles. The molecule has 0 aliphatic carbocycles. The molecule has 31 heavy (non-hydrogen) atoms. The van der Waals surface area contributed by atoms with Crippen LogP contribution in [0, 0.1) is 0 Å². The number of carbonyl (C=O) groups is 1. The maximum Gasteiger partial charge on any atom is 0.241 e. The molecule has 1 amide bonds. The van der Waals surface area contributed by atoms with E-state index in [2.05, 4.69) is 30.3 Å². The maximum atomic E-state index is 12.2. The number of imidazole rings is 1. The smallest absolute Gasteiger partial charge is 0.241 e. The first-order chi connectivity index (χ1) is 14.8. The Labute approximate surface area is 182 Å². The van der Waals surface area contributed by atoms with Crippen LogP contribution in [0.3, 0.4) is 0 Å². The lowest BCUT2D eigenvalue weighted by molar-refractivity contribution is -0.121. The molecular weight excluding hydrogens is 396 g/mol. The third-order valence-corrected chi connectivity index (χ3v) is 4.79. The van der Waals surface area contributed by atoms with Gasteiger partial charge in [0.1, 0.15) is 12.9 Å². The zero-order valence-electron chi connectivity index (χ0n) is 18.5. The fourth-order valence-electron chi connectivity index (χ4n) is 3.25. The van der Waals surface area contributed by atoms with Gasteiger partial charge in [-0.25, -0.2) is 9.97 Å². The van der Waals surface area contributed by atoms with Gasteiger partial charge in [-0.2, -0.15) is 10.1 Å². The van der Waals surface area contributed by atoms with Crippen LogP contribution in [-0.4, -0.2) is 72.4 Å². The minimum absolute atomic E-state index is 0.000603. The van der Waals surface area contributed by atoms with Gasteiger partial charge < -0.3 is 15.3 Å². The van der Waals surface area contributed by atoms with Gasteiger partial charge in [0.2, 0.25) is 17.7 Å². The lowest BCUT2D eigenvalue weighted by Crippen LogP contribution is -2.29. The monoisotopic (exact) mass is 426 g/mol. The van der Waals surface area contributed by atoms with Crippen LogP contribution in [0.5, 0.6) is 5.88 Å². The SMILES string of the molecule is CC(C)c1c(O)nc(-n2ccnc2)nc1-c1cnn(CC(=O)NCCCCN(C)C)c1. The van der Waals surface area contributed by atoms with Gasteiger partial charge in [0.05, 0.1) is 11.9 Å². The molecule has 0 aliphatic rings. The minimum Gasteiger partial charge on any atom is -0.493 e. The van der Waals surface area contributed by atoms with E-state index in [9.17, 15) is 9.90 Å². The van der Waals surface area contributed by atoms with Crippen LogP contribution < -0.4 is 5.32 Å². The Kier molecular flexibility index (Phi) is 7.35. The molecule has 0 bridgehead atoms. The van der Waals surface area contributed by atoms with E-state index in [1.807, 2.05) is 27.9 Å². The van der Waals surface area contributed by atoms with Crippen LogP contribution >= 0.6 is 0 Å². The van der Waals surface area contributed by atoms with E-state index in [0.29, 0.717) is 29.3 Å². The summed E-state index contributed by atoms with van der Waals surface area (Å²) in [6.45, 7) is 5.70. The molecule has 3 heterocycles. The predicted molar refractivity (Wildman–Crippen MR) is 117 cm³/mol. The second-order valence-electron chi connectivity index (χ2n) is 8.02. The van der Waals surface area contributed by atoms with Gasteiger partial charge in [0, 0.05) is 36.3 Å². The quantitative estimate of drug-likeness (QED) is 0.475. The van der Waals surface area contributed by atoms with Crippen LogP contribution in [0.2, 0.25) is 0 Å². The van der Waals surface area contributed by atoms with Crippen LogP contribution in [0.1, 0.15) is 38.2 Å². The van der Waals surface area contributed by atoms with E-state index in [1.165, 1.54) is 0 Å². The van der Waals surface area contributed by atoms with Crippen molar-refractivity contribution in [2.45, 2.75) is 39.2 Å². The maximum absolute atomic E-state index is 12.2. The number of unbranched alkanes of at least 4 members (excludes halogenated alkanes) is 1. The van der Waals surface area contributed by atoms with Crippen LogP contribution in [0.15, 0.2) is 31.1 Å². The number of nitrogens with zero attached hydrogens (tertiary/aromatic N) is 7. The molecule has 0 aliphatic heterocycles. The molecular formula is C21H30N8O2. The molecule has 2 N–H and O–H groups in total. The molecule has 0 radical (unpaired) electrons. The zero-order chi connectivity index (χ0) is 22.4. The Morgan fingerprint density at radius 3 is 2.74 bits per heavy atom. The van der Waals surface area contributed by atoms with Crippen molar-refractivity contribution in [1.82, 2.24) is 39.5 Å². The highest BCUT2D eigenvalue weighted by Gasteiger charge is 2.20. The van der Waals surface area contributed by atoms with Crippen LogP contribution in [0.25, 0.3) is 17.2 Å². The molecule has 0 fully saturated rings. The second-order valence-corrected chi connectivity index (χ2v) is 8.02. The molecule has 10 heteroatoms. The standard InChI is InChI=1S/C21H30N8O2/c1-15(2)18-19(25-21(26-20(18)31)28-10-8-22-14-28)16-11-24-29(12-16)13-17(30)23-7-5-6-9-27(3)4/h8,10-12,14-15H,5-7,9,13H2,1-4H3,(H,23,30)(H,25,26,31). The molecule has 166 valence electrons. The summed E-state index contributed by atoms with van der Waals surface area (Å²) >= 11 is 0. The van der Waals surface area contributed by atoms with Gasteiger partial charge in [-0.05, 0) is 39.4 Å². The van der Waals surface area contributed by atoms with E-state index in [4.69, 9.17) is 0 Å². The van der Waals surface area contributed by atoms with E-state index < -0.39 is 0 Å². The summed E-state index contributed by atoms with van der Waals surface area (Å²) in [7, 11) is 4.07.